The van der Waals surface area contributed by atoms with Crippen LogP contribution in [0.5, 0.6) is 0 Å². The average Bonchev–Trinajstić information content (AvgIpc) is 2.25. The summed E-state index contributed by atoms with van der Waals surface area (Å²) in [5.41, 5.74) is 1.45. The number of fused-ring (bicyclic) bond motifs is 1. The molecule has 2 aliphatic carbocycles. The zero-order chi connectivity index (χ0) is 7.95. The number of rotatable bonds is 0. The van der Waals surface area contributed by atoms with Gasteiger partial charge in [-0.15, -0.1) is 0 Å². The molecule has 0 unspecified atom stereocenters. The summed E-state index contributed by atoms with van der Waals surface area (Å²) < 4.78 is 0. The Kier molecular flexibility index (Phi) is 1.56. The van der Waals surface area contributed by atoms with Crippen LogP contribution in [0.2, 0.25) is 0 Å². The van der Waals surface area contributed by atoms with E-state index < -0.39 is 0 Å². The fourth-order valence-corrected chi connectivity index (χ4v) is 3.36. The highest BCUT2D eigenvalue weighted by molar-refractivity contribution is 4.99. The summed E-state index contributed by atoms with van der Waals surface area (Å²) in [6.45, 7) is 5.05. The summed E-state index contributed by atoms with van der Waals surface area (Å²) in [5, 5.41) is 0. The zero-order valence-electron chi connectivity index (χ0n) is 7.95. The molecule has 0 saturated heterocycles. The Labute approximate surface area is 70.4 Å². The molecule has 2 fully saturated rings. The van der Waals surface area contributed by atoms with Crippen molar-refractivity contribution in [2.45, 2.75) is 58.8 Å². The standard InChI is InChI=1S/C11H20/c1-10-6-3-4-7-11(10,2)9-5-8-10/h3-9H2,1-2H3/t10-,11+. The fourth-order valence-electron chi connectivity index (χ4n) is 3.36. The van der Waals surface area contributed by atoms with Gasteiger partial charge in [0.25, 0.3) is 0 Å². The maximum atomic E-state index is 2.53. The molecule has 0 aliphatic heterocycles. The van der Waals surface area contributed by atoms with Crippen LogP contribution in [-0.4, -0.2) is 0 Å². The first kappa shape index (κ1) is 7.64. The maximum absolute atomic E-state index is 2.53. The van der Waals surface area contributed by atoms with E-state index in [0.29, 0.717) is 0 Å². The molecular weight excluding hydrogens is 132 g/mol. The van der Waals surface area contributed by atoms with Crippen LogP contribution in [0.3, 0.4) is 0 Å². The van der Waals surface area contributed by atoms with Crippen molar-refractivity contribution in [3.63, 3.8) is 0 Å². The highest BCUT2D eigenvalue weighted by Crippen LogP contribution is 2.60. The van der Waals surface area contributed by atoms with E-state index in [2.05, 4.69) is 13.8 Å². The Morgan fingerprint density at radius 1 is 0.636 bits per heavy atom. The van der Waals surface area contributed by atoms with Crippen LogP contribution in [0.25, 0.3) is 0 Å². The lowest BCUT2D eigenvalue weighted by molar-refractivity contribution is 0.0520. The highest BCUT2D eigenvalue weighted by Gasteiger charge is 2.48. The van der Waals surface area contributed by atoms with Gasteiger partial charge in [-0.2, -0.15) is 0 Å². The van der Waals surface area contributed by atoms with Gasteiger partial charge in [0.1, 0.15) is 0 Å². The molecule has 2 saturated carbocycles. The fraction of sp³-hybridized carbons (Fsp3) is 1.00. The lowest BCUT2D eigenvalue weighted by Crippen LogP contribution is -2.35. The summed E-state index contributed by atoms with van der Waals surface area (Å²) in [4.78, 5) is 0. The summed E-state index contributed by atoms with van der Waals surface area (Å²) in [6.07, 6.45) is 10.5. The summed E-state index contributed by atoms with van der Waals surface area (Å²) in [6, 6.07) is 0. The van der Waals surface area contributed by atoms with Crippen molar-refractivity contribution in [1.82, 2.24) is 0 Å². The van der Waals surface area contributed by atoms with Crippen LogP contribution in [0, 0.1) is 10.8 Å². The van der Waals surface area contributed by atoms with Crippen molar-refractivity contribution in [3.05, 3.63) is 0 Å². The molecule has 0 heterocycles. The van der Waals surface area contributed by atoms with Gasteiger partial charge in [0.05, 0.1) is 0 Å². The first-order valence-corrected chi connectivity index (χ1v) is 5.16. The minimum Gasteiger partial charge on any atom is -0.0591 e. The predicted molar refractivity (Wildman–Crippen MR) is 48.5 cm³/mol. The molecule has 0 aromatic heterocycles. The first-order valence-electron chi connectivity index (χ1n) is 5.16. The molecule has 0 spiro atoms. The molecule has 2 rings (SSSR count). The van der Waals surface area contributed by atoms with Gasteiger partial charge in [0.2, 0.25) is 0 Å². The van der Waals surface area contributed by atoms with E-state index in [1.165, 1.54) is 44.9 Å². The Morgan fingerprint density at radius 2 is 1.00 bits per heavy atom. The van der Waals surface area contributed by atoms with Crippen molar-refractivity contribution in [3.8, 4) is 0 Å². The van der Waals surface area contributed by atoms with Gasteiger partial charge in [0.15, 0.2) is 0 Å². The summed E-state index contributed by atoms with van der Waals surface area (Å²) >= 11 is 0. The van der Waals surface area contributed by atoms with Gasteiger partial charge >= 0.3 is 0 Å². The lowest BCUT2D eigenvalue weighted by Gasteiger charge is -2.45. The van der Waals surface area contributed by atoms with Crippen LogP contribution in [-0.2, 0) is 0 Å². The van der Waals surface area contributed by atoms with Crippen molar-refractivity contribution >= 4 is 0 Å². The second kappa shape index (κ2) is 2.24. The van der Waals surface area contributed by atoms with E-state index in [9.17, 15) is 0 Å². The van der Waals surface area contributed by atoms with E-state index in [1.807, 2.05) is 0 Å². The SMILES string of the molecule is C[C@@]12CCCC[C@]1(C)CCC2. The average molecular weight is 152 g/mol. The lowest BCUT2D eigenvalue weighted by atomic mass is 9.60. The minimum atomic E-state index is 0.727. The molecule has 64 valence electrons. The highest BCUT2D eigenvalue weighted by atomic mass is 14.5. The second-order valence-electron chi connectivity index (χ2n) is 5.18. The van der Waals surface area contributed by atoms with Crippen LogP contribution in [0.1, 0.15) is 58.8 Å². The quantitative estimate of drug-likeness (QED) is 0.496. The van der Waals surface area contributed by atoms with Gasteiger partial charge in [-0.3, -0.25) is 0 Å². The number of hydrogen-bond acceptors (Lipinski definition) is 0. The zero-order valence-corrected chi connectivity index (χ0v) is 7.95. The normalized spacial score (nSPS) is 50.7. The largest absolute Gasteiger partial charge is 0.0591 e. The molecule has 0 heteroatoms. The molecule has 0 nitrogen and oxygen atoms in total. The molecule has 0 N–H and O–H groups in total. The molecule has 0 bridgehead atoms. The first-order chi connectivity index (χ1) is 5.16. The van der Waals surface area contributed by atoms with Crippen LogP contribution in [0.4, 0.5) is 0 Å². The van der Waals surface area contributed by atoms with Crippen LogP contribution in [0.15, 0.2) is 0 Å². The Balaban J connectivity index is 2.24. The van der Waals surface area contributed by atoms with Gasteiger partial charge in [-0.05, 0) is 36.5 Å². The van der Waals surface area contributed by atoms with Crippen molar-refractivity contribution in [2.24, 2.45) is 10.8 Å². The Bertz CT molecular complexity index is 143. The topological polar surface area (TPSA) is 0 Å². The molecule has 0 radical (unpaired) electrons. The molecule has 0 aromatic carbocycles. The molecule has 0 aromatic rings. The minimum absolute atomic E-state index is 0.727. The summed E-state index contributed by atoms with van der Waals surface area (Å²) in [7, 11) is 0. The Morgan fingerprint density at radius 3 is 1.45 bits per heavy atom. The molecule has 2 aliphatic rings. The van der Waals surface area contributed by atoms with E-state index in [4.69, 9.17) is 0 Å². The second-order valence-corrected chi connectivity index (χ2v) is 5.18. The van der Waals surface area contributed by atoms with E-state index >= 15 is 0 Å². The molecular formula is C11H20. The number of hydrogen-bond donors (Lipinski definition) is 0. The monoisotopic (exact) mass is 152 g/mol. The third kappa shape index (κ3) is 0.947. The van der Waals surface area contributed by atoms with Crippen molar-refractivity contribution < 1.29 is 0 Å². The van der Waals surface area contributed by atoms with E-state index in [-0.39, 0.29) is 0 Å². The van der Waals surface area contributed by atoms with Crippen molar-refractivity contribution in [2.75, 3.05) is 0 Å². The predicted octanol–water partition coefficient (Wildman–Crippen LogP) is 3.76. The third-order valence-electron chi connectivity index (χ3n) is 4.62. The van der Waals surface area contributed by atoms with Gasteiger partial charge in [-0.25, -0.2) is 0 Å². The smallest absolute Gasteiger partial charge is 0.0272 e. The Hall–Kier alpha value is 0. The molecule has 11 heavy (non-hydrogen) atoms. The van der Waals surface area contributed by atoms with E-state index in [1.54, 1.807) is 0 Å². The van der Waals surface area contributed by atoms with Crippen LogP contribution >= 0.6 is 0 Å². The summed E-state index contributed by atoms with van der Waals surface area (Å²) in [5.74, 6) is 0. The van der Waals surface area contributed by atoms with Gasteiger partial charge in [0, 0.05) is 0 Å². The van der Waals surface area contributed by atoms with Gasteiger partial charge < -0.3 is 0 Å². The van der Waals surface area contributed by atoms with Crippen LogP contribution < -0.4 is 0 Å². The third-order valence-corrected chi connectivity index (χ3v) is 4.62. The maximum Gasteiger partial charge on any atom is -0.0272 e. The van der Waals surface area contributed by atoms with Gasteiger partial charge in [-0.1, -0.05) is 33.1 Å². The molecule has 2 atom stereocenters. The molecule has 0 amide bonds. The van der Waals surface area contributed by atoms with E-state index in [0.717, 1.165) is 10.8 Å². The van der Waals surface area contributed by atoms with Crippen molar-refractivity contribution in [1.29, 1.82) is 0 Å².